The summed E-state index contributed by atoms with van der Waals surface area (Å²) in [7, 11) is 0. The molecule has 1 aromatic carbocycles. The Morgan fingerprint density at radius 3 is 2.78 bits per heavy atom. The van der Waals surface area contributed by atoms with Crippen LogP contribution in [0.25, 0.3) is 0 Å². The molecular formula is C13H14ClFN2S. The molecule has 2 rings (SSSR count). The fourth-order valence-corrected chi connectivity index (χ4v) is 2.95. The zero-order valence-corrected chi connectivity index (χ0v) is 11.5. The van der Waals surface area contributed by atoms with Crippen molar-refractivity contribution in [3.05, 3.63) is 56.5 Å². The summed E-state index contributed by atoms with van der Waals surface area (Å²) in [6.07, 6.45) is 0.430. The number of thiophene rings is 1. The van der Waals surface area contributed by atoms with E-state index in [9.17, 15) is 4.39 Å². The number of aryl methyl sites for hydroxylation is 1. The Morgan fingerprint density at radius 2 is 2.22 bits per heavy atom. The van der Waals surface area contributed by atoms with Crippen molar-refractivity contribution < 1.29 is 4.39 Å². The van der Waals surface area contributed by atoms with Crippen LogP contribution in [0.15, 0.2) is 29.6 Å². The first-order chi connectivity index (χ1) is 8.63. The Morgan fingerprint density at radius 1 is 1.44 bits per heavy atom. The van der Waals surface area contributed by atoms with Crippen LogP contribution in [0.3, 0.4) is 0 Å². The van der Waals surface area contributed by atoms with E-state index in [1.54, 1.807) is 23.5 Å². The molecule has 0 radical (unpaired) electrons. The number of halogens is 2. The zero-order valence-electron chi connectivity index (χ0n) is 9.91. The number of nitrogens with two attached hydrogens (primary N) is 1. The summed E-state index contributed by atoms with van der Waals surface area (Å²) < 4.78 is 13.7. The molecule has 2 nitrogen and oxygen atoms in total. The van der Waals surface area contributed by atoms with Crippen molar-refractivity contribution >= 4 is 22.9 Å². The van der Waals surface area contributed by atoms with E-state index in [1.165, 1.54) is 10.9 Å². The van der Waals surface area contributed by atoms with Crippen molar-refractivity contribution in [3.8, 4) is 0 Å². The Balaban J connectivity index is 2.29. The molecule has 0 fully saturated rings. The molecule has 0 saturated heterocycles. The molecule has 96 valence electrons. The molecule has 0 amide bonds. The van der Waals surface area contributed by atoms with Crippen molar-refractivity contribution in [3.63, 3.8) is 0 Å². The topological polar surface area (TPSA) is 38.0 Å². The third-order valence-electron chi connectivity index (χ3n) is 2.95. The Hall–Kier alpha value is -0.940. The van der Waals surface area contributed by atoms with Crippen molar-refractivity contribution in [1.82, 2.24) is 5.43 Å². The van der Waals surface area contributed by atoms with E-state index in [-0.39, 0.29) is 11.9 Å². The van der Waals surface area contributed by atoms with E-state index in [0.29, 0.717) is 17.0 Å². The van der Waals surface area contributed by atoms with Crippen molar-refractivity contribution in [2.45, 2.75) is 19.4 Å². The SMILES string of the molecule is Cc1sccc1C(Cc1c(F)cccc1Cl)NN. The van der Waals surface area contributed by atoms with Crippen molar-refractivity contribution in [1.29, 1.82) is 0 Å². The normalized spacial score (nSPS) is 12.7. The predicted molar refractivity (Wildman–Crippen MR) is 74.2 cm³/mol. The largest absolute Gasteiger partial charge is 0.271 e. The average Bonchev–Trinajstić information content (AvgIpc) is 2.76. The maximum absolute atomic E-state index is 13.7. The molecule has 1 aromatic heterocycles. The molecule has 1 unspecified atom stereocenters. The average molecular weight is 285 g/mol. The van der Waals surface area contributed by atoms with Gasteiger partial charge in [0.15, 0.2) is 0 Å². The van der Waals surface area contributed by atoms with Gasteiger partial charge < -0.3 is 0 Å². The molecule has 0 aliphatic carbocycles. The van der Waals surface area contributed by atoms with Gasteiger partial charge in [0.1, 0.15) is 5.82 Å². The van der Waals surface area contributed by atoms with E-state index in [2.05, 4.69) is 5.43 Å². The number of benzene rings is 1. The quantitative estimate of drug-likeness (QED) is 0.665. The lowest BCUT2D eigenvalue weighted by molar-refractivity contribution is 0.529. The summed E-state index contributed by atoms with van der Waals surface area (Å²) in [5, 5.41) is 2.43. The highest BCUT2D eigenvalue weighted by Crippen LogP contribution is 2.28. The molecular weight excluding hydrogens is 271 g/mol. The van der Waals surface area contributed by atoms with Crippen LogP contribution in [0.5, 0.6) is 0 Å². The van der Waals surface area contributed by atoms with Crippen molar-refractivity contribution in [2.24, 2.45) is 5.84 Å². The molecule has 0 saturated carbocycles. The molecule has 0 aliphatic rings. The minimum atomic E-state index is -0.296. The van der Waals surface area contributed by atoms with Crippen LogP contribution >= 0.6 is 22.9 Å². The van der Waals surface area contributed by atoms with Gasteiger partial charge in [0, 0.05) is 15.5 Å². The van der Waals surface area contributed by atoms with E-state index < -0.39 is 0 Å². The lowest BCUT2D eigenvalue weighted by Gasteiger charge is -2.17. The Bertz CT molecular complexity index is 521. The summed E-state index contributed by atoms with van der Waals surface area (Å²) in [4.78, 5) is 1.17. The third-order valence-corrected chi connectivity index (χ3v) is 4.16. The molecule has 0 aliphatic heterocycles. The standard InChI is InChI=1S/C13H14ClFN2S/c1-8-9(5-6-18-8)13(17-16)7-10-11(14)3-2-4-12(10)15/h2-6,13,17H,7,16H2,1H3. The van der Waals surface area contributed by atoms with Gasteiger partial charge in [0.2, 0.25) is 0 Å². The predicted octanol–water partition coefficient (Wildman–Crippen LogP) is 3.60. The second-order valence-corrected chi connectivity index (χ2v) is 5.58. The van der Waals surface area contributed by atoms with Gasteiger partial charge in [0.25, 0.3) is 0 Å². The van der Waals surface area contributed by atoms with Crippen LogP contribution in [0.1, 0.15) is 22.0 Å². The van der Waals surface area contributed by atoms with E-state index >= 15 is 0 Å². The van der Waals surface area contributed by atoms with Gasteiger partial charge in [-0.2, -0.15) is 0 Å². The number of rotatable bonds is 4. The maximum Gasteiger partial charge on any atom is 0.127 e. The summed E-state index contributed by atoms with van der Waals surface area (Å²) in [5.74, 6) is 5.27. The Labute approximate surface area is 115 Å². The molecule has 2 aromatic rings. The van der Waals surface area contributed by atoms with Crippen molar-refractivity contribution in [2.75, 3.05) is 0 Å². The van der Waals surface area contributed by atoms with Gasteiger partial charge in [-0.25, -0.2) is 4.39 Å². The number of hydrazine groups is 1. The highest BCUT2D eigenvalue weighted by molar-refractivity contribution is 7.10. The van der Waals surface area contributed by atoms with Crippen LogP contribution in [-0.4, -0.2) is 0 Å². The highest BCUT2D eigenvalue weighted by atomic mass is 35.5. The second-order valence-electron chi connectivity index (χ2n) is 4.06. The first kappa shape index (κ1) is 13.5. The van der Waals surface area contributed by atoms with Gasteiger partial charge in [-0.1, -0.05) is 17.7 Å². The lowest BCUT2D eigenvalue weighted by Crippen LogP contribution is -2.30. The van der Waals surface area contributed by atoms with Gasteiger partial charge in [0.05, 0.1) is 6.04 Å². The van der Waals surface area contributed by atoms with E-state index in [0.717, 1.165) is 5.56 Å². The molecule has 0 bridgehead atoms. The third kappa shape index (κ3) is 2.72. The van der Waals surface area contributed by atoms with Crippen LogP contribution < -0.4 is 11.3 Å². The van der Waals surface area contributed by atoms with Crippen LogP contribution in [0.4, 0.5) is 4.39 Å². The summed E-state index contributed by atoms with van der Waals surface area (Å²) in [5.41, 5.74) is 4.31. The maximum atomic E-state index is 13.7. The molecule has 0 spiro atoms. The van der Waals surface area contributed by atoms with Crippen LogP contribution in [0, 0.1) is 12.7 Å². The fourth-order valence-electron chi connectivity index (χ4n) is 1.95. The van der Waals surface area contributed by atoms with Crippen LogP contribution in [0.2, 0.25) is 5.02 Å². The molecule has 1 heterocycles. The molecule has 1 atom stereocenters. The minimum Gasteiger partial charge on any atom is -0.271 e. The molecule has 5 heteroatoms. The first-order valence-corrected chi connectivity index (χ1v) is 6.82. The van der Waals surface area contributed by atoms with E-state index in [1.807, 2.05) is 18.4 Å². The van der Waals surface area contributed by atoms with Gasteiger partial charge in [-0.05, 0) is 42.5 Å². The summed E-state index contributed by atoms with van der Waals surface area (Å²) in [6, 6.07) is 6.57. The van der Waals surface area contributed by atoms with Gasteiger partial charge in [-0.3, -0.25) is 11.3 Å². The monoisotopic (exact) mass is 284 g/mol. The minimum absolute atomic E-state index is 0.134. The lowest BCUT2D eigenvalue weighted by atomic mass is 10.00. The molecule has 3 N–H and O–H groups in total. The van der Waals surface area contributed by atoms with Crippen LogP contribution in [-0.2, 0) is 6.42 Å². The zero-order chi connectivity index (χ0) is 13.1. The number of hydrogen-bond donors (Lipinski definition) is 2. The summed E-state index contributed by atoms with van der Waals surface area (Å²) >= 11 is 7.67. The number of nitrogens with one attached hydrogen (secondary N) is 1. The summed E-state index contributed by atoms with van der Waals surface area (Å²) in [6.45, 7) is 2.02. The smallest absolute Gasteiger partial charge is 0.127 e. The fraction of sp³-hybridized carbons (Fsp3) is 0.231. The Kier molecular flexibility index (Phi) is 4.35. The van der Waals surface area contributed by atoms with Gasteiger partial charge >= 0.3 is 0 Å². The molecule has 18 heavy (non-hydrogen) atoms. The second kappa shape index (κ2) is 5.80. The highest BCUT2D eigenvalue weighted by Gasteiger charge is 2.17. The first-order valence-electron chi connectivity index (χ1n) is 5.56. The number of hydrogen-bond acceptors (Lipinski definition) is 3. The van der Waals surface area contributed by atoms with E-state index in [4.69, 9.17) is 17.4 Å². The van der Waals surface area contributed by atoms with Gasteiger partial charge in [-0.15, -0.1) is 11.3 Å².